The van der Waals surface area contributed by atoms with E-state index in [4.69, 9.17) is 9.47 Å². The van der Waals surface area contributed by atoms with Gasteiger partial charge in [-0.15, -0.1) is 0 Å². The van der Waals surface area contributed by atoms with E-state index in [9.17, 15) is 14.4 Å². The minimum Gasteiger partial charge on any atom is -0.465 e. The van der Waals surface area contributed by atoms with Crippen molar-refractivity contribution in [1.82, 2.24) is 9.80 Å². The molecule has 2 unspecified atom stereocenters. The summed E-state index contributed by atoms with van der Waals surface area (Å²) in [5.41, 5.74) is -0.558. The van der Waals surface area contributed by atoms with Crippen LogP contribution in [0.25, 0.3) is 0 Å². The van der Waals surface area contributed by atoms with Crippen molar-refractivity contribution in [2.45, 2.75) is 65.1 Å². The zero-order valence-electron chi connectivity index (χ0n) is 17.8. The van der Waals surface area contributed by atoms with Crippen LogP contribution < -0.4 is 0 Å². The largest absolute Gasteiger partial charge is 0.465 e. The number of nitrogens with zero attached hydrogens (tertiary/aromatic N) is 2. The Morgan fingerprint density at radius 3 is 2.22 bits per heavy atom. The summed E-state index contributed by atoms with van der Waals surface area (Å²) in [7, 11) is 3.32. The number of likely N-dealkylation sites (tertiary alicyclic amines) is 1. The van der Waals surface area contributed by atoms with Gasteiger partial charge in [0.25, 0.3) is 0 Å². The second-order valence-electron chi connectivity index (χ2n) is 7.27. The van der Waals surface area contributed by atoms with Crippen molar-refractivity contribution in [3.05, 3.63) is 0 Å². The summed E-state index contributed by atoms with van der Waals surface area (Å²) >= 11 is 0. The molecule has 158 valence electrons. The van der Waals surface area contributed by atoms with Crippen molar-refractivity contribution in [3.8, 4) is 0 Å². The Morgan fingerprint density at radius 1 is 1.19 bits per heavy atom. The van der Waals surface area contributed by atoms with Crippen LogP contribution in [0, 0.1) is 0 Å². The Hall–Kier alpha value is -1.67. The van der Waals surface area contributed by atoms with Crippen molar-refractivity contribution >= 4 is 18.3 Å². The normalized spacial score (nSPS) is 19.7. The number of rotatable bonds is 7. The molecule has 0 aromatic carbocycles. The zero-order valence-corrected chi connectivity index (χ0v) is 17.8. The van der Waals surface area contributed by atoms with E-state index in [1.807, 2.05) is 11.8 Å². The molecule has 8 heteroatoms. The maximum atomic E-state index is 12.0. The summed E-state index contributed by atoms with van der Waals surface area (Å²) in [5, 5.41) is 0. The summed E-state index contributed by atoms with van der Waals surface area (Å²) in [6.07, 6.45) is 1.65. The first-order valence-electron chi connectivity index (χ1n) is 9.41. The standard InChI is InChI=1S/C16H28N2O5.C3H8O/c1-6-22-14(20)13-8-7-12(11-19)18(13)10-9-17(5)15(21)23-16(2,3)4;1-3-4-2/h11-13H,6-10H2,1-5H3;3H2,1-2H3. The van der Waals surface area contributed by atoms with E-state index in [2.05, 4.69) is 4.74 Å². The van der Waals surface area contributed by atoms with Crippen LogP contribution in [0.5, 0.6) is 0 Å². The number of carbonyl (C=O) groups is 3. The van der Waals surface area contributed by atoms with Crippen molar-refractivity contribution in [1.29, 1.82) is 0 Å². The SMILES string of the molecule is CCOC.CCOC(=O)C1CCC(C=O)N1CCN(C)C(=O)OC(C)(C)C. The molecule has 0 N–H and O–H groups in total. The lowest BCUT2D eigenvalue weighted by Gasteiger charge is -2.29. The lowest BCUT2D eigenvalue weighted by molar-refractivity contribution is -0.149. The van der Waals surface area contributed by atoms with E-state index >= 15 is 0 Å². The van der Waals surface area contributed by atoms with Crippen LogP contribution in [0.4, 0.5) is 4.79 Å². The molecule has 27 heavy (non-hydrogen) atoms. The van der Waals surface area contributed by atoms with E-state index < -0.39 is 17.7 Å². The summed E-state index contributed by atoms with van der Waals surface area (Å²) in [6, 6.07) is -0.728. The van der Waals surface area contributed by atoms with Gasteiger partial charge in [-0.05, 0) is 47.5 Å². The number of ether oxygens (including phenoxy) is 3. The Balaban J connectivity index is 0.00000153. The molecule has 1 rings (SSSR count). The number of aldehydes is 1. The van der Waals surface area contributed by atoms with Crippen LogP contribution in [-0.4, -0.2) is 86.3 Å². The van der Waals surface area contributed by atoms with Crippen LogP contribution in [-0.2, 0) is 23.8 Å². The Bertz CT molecular complexity index is 462. The predicted octanol–water partition coefficient (Wildman–Crippen LogP) is 2.10. The third-order valence-electron chi connectivity index (χ3n) is 3.97. The van der Waals surface area contributed by atoms with Crippen LogP contribution in [0.2, 0.25) is 0 Å². The molecule has 0 spiro atoms. The highest BCUT2D eigenvalue weighted by Gasteiger charge is 2.38. The molecule has 2 atom stereocenters. The Morgan fingerprint density at radius 2 is 1.78 bits per heavy atom. The molecular weight excluding hydrogens is 352 g/mol. The molecule has 1 aliphatic rings. The molecule has 1 heterocycles. The van der Waals surface area contributed by atoms with Crippen LogP contribution in [0.1, 0.15) is 47.5 Å². The summed E-state index contributed by atoms with van der Waals surface area (Å²) in [5.74, 6) is -0.309. The molecule has 0 aliphatic carbocycles. The van der Waals surface area contributed by atoms with Gasteiger partial charge in [0.15, 0.2) is 0 Å². The predicted molar refractivity (Wildman–Crippen MR) is 103 cm³/mol. The fourth-order valence-corrected chi connectivity index (χ4v) is 2.55. The van der Waals surface area contributed by atoms with Gasteiger partial charge in [-0.3, -0.25) is 9.69 Å². The average molecular weight is 389 g/mol. The van der Waals surface area contributed by atoms with E-state index in [0.29, 0.717) is 32.5 Å². The fraction of sp³-hybridized carbons (Fsp3) is 0.842. The van der Waals surface area contributed by atoms with Crippen LogP contribution in [0.3, 0.4) is 0 Å². The van der Waals surface area contributed by atoms with Gasteiger partial charge in [-0.25, -0.2) is 4.79 Å². The topological polar surface area (TPSA) is 85.4 Å². The average Bonchev–Trinajstić information content (AvgIpc) is 3.01. The van der Waals surface area contributed by atoms with Crippen molar-refractivity contribution in [2.75, 3.05) is 40.5 Å². The number of hydrogen-bond acceptors (Lipinski definition) is 7. The van der Waals surface area contributed by atoms with Crippen LogP contribution >= 0.6 is 0 Å². The molecule has 0 aromatic rings. The molecule has 1 amide bonds. The van der Waals surface area contributed by atoms with Crippen molar-refractivity contribution in [2.24, 2.45) is 0 Å². The quantitative estimate of drug-likeness (QED) is 0.488. The second-order valence-corrected chi connectivity index (χ2v) is 7.27. The summed E-state index contributed by atoms with van der Waals surface area (Å²) in [4.78, 5) is 38.4. The molecule has 1 fully saturated rings. The van der Waals surface area contributed by atoms with Gasteiger partial charge in [0.05, 0.1) is 12.6 Å². The number of esters is 1. The summed E-state index contributed by atoms with van der Waals surface area (Å²) in [6.45, 7) is 11.0. The number of carbonyl (C=O) groups excluding carboxylic acids is 3. The van der Waals surface area contributed by atoms with Gasteiger partial charge >= 0.3 is 12.1 Å². The fourth-order valence-electron chi connectivity index (χ4n) is 2.55. The molecule has 1 aliphatic heterocycles. The van der Waals surface area contributed by atoms with Gasteiger partial charge in [-0.2, -0.15) is 0 Å². The Kier molecular flexibility index (Phi) is 11.9. The Labute approximate surface area is 163 Å². The third-order valence-corrected chi connectivity index (χ3v) is 3.97. The first kappa shape index (κ1) is 25.3. The van der Waals surface area contributed by atoms with E-state index in [0.717, 1.165) is 12.9 Å². The maximum absolute atomic E-state index is 12.0. The monoisotopic (exact) mass is 388 g/mol. The lowest BCUT2D eigenvalue weighted by atomic mass is 10.2. The lowest BCUT2D eigenvalue weighted by Crippen LogP contribution is -2.46. The number of likely N-dealkylation sites (N-methyl/N-ethyl adjacent to an activating group) is 1. The second kappa shape index (κ2) is 12.7. The third kappa shape index (κ3) is 9.72. The molecule has 0 aromatic heterocycles. The maximum Gasteiger partial charge on any atom is 0.410 e. The molecule has 0 radical (unpaired) electrons. The zero-order chi connectivity index (χ0) is 21.0. The molecule has 0 bridgehead atoms. The van der Waals surface area contributed by atoms with Crippen molar-refractivity contribution < 1.29 is 28.6 Å². The van der Waals surface area contributed by atoms with E-state index in [1.54, 1.807) is 41.9 Å². The molecule has 8 nitrogen and oxygen atoms in total. The van der Waals surface area contributed by atoms with E-state index in [-0.39, 0.29) is 12.0 Å². The van der Waals surface area contributed by atoms with Gasteiger partial charge in [0.1, 0.15) is 17.9 Å². The molecular formula is C19H36N2O6. The molecule has 0 saturated carbocycles. The first-order chi connectivity index (χ1) is 12.6. The number of amides is 1. The highest BCUT2D eigenvalue weighted by Crippen LogP contribution is 2.24. The minimum atomic E-state index is -0.558. The van der Waals surface area contributed by atoms with Gasteiger partial charge < -0.3 is 23.9 Å². The smallest absolute Gasteiger partial charge is 0.410 e. The highest BCUT2D eigenvalue weighted by atomic mass is 16.6. The first-order valence-corrected chi connectivity index (χ1v) is 9.41. The number of hydrogen-bond donors (Lipinski definition) is 0. The minimum absolute atomic E-state index is 0.309. The number of methoxy groups -OCH3 is 1. The highest BCUT2D eigenvalue weighted by molar-refractivity contribution is 5.77. The van der Waals surface area contributed by atoms with Gasteiger partial charge in [0.2, 0.25) is 0 Å². The summed E-state index contributed by atoms with van der Waals surface area (Å²) < 4.78 is 14.9. The van der Waals surface area contributed by atoms with Crippen molar-refractivity contribution in [3.63, 3.8) is 0 Å². The molecule has 1 saturated heterocycles. The van der Waals surface area contributed by atoms with Crippen LogP contribution in [0.15, 0.2) is 0 Å². The van der Waals surface area contributed by atoms with Gasteiger partial charge in [0, 0.05) is 33.9 Å². The van der Waals surface area contributed by atoms with E-state index in [1.165, 1.54) is 4.90 Å². The van der Waals surface area contributed by atoms with Gasteiger partial charge in [-0.1, -0.05) is 0 Å².